The standard InChI is InChI=1S/C31H37F3N4O4/c1-3-37(17-15-24(20-35)23-11-6-12-25(19-23)42-31(32,33)34)16-5-4-9-22-10-7-13-26-27(22)21-38(30(26)41)28(14-8-18-39)29(40)36-2/h6-7,10-13,18-19,24,28H,3-5,8-9,14-17,21H2,1-2H3,(H,36,40)/t24-,28?/m1/s1. The number of likely N-dealkylation sites (N-methyl/N-ethyl adjacent to an activating group) is 1. The number of unbranched alkanes of at least 4 members (excludes halogenated alkanes) is 1. The Morgan fingerprint density at radius 3 is 2.62 bits per heavy atom. The molecule has 0 bridgehead atoms. The Hall–Kier alpha value is -3.91. The van der Waals surface area contributed by atoms with Crippen molar-refractivity contribution in [3.63, 3.8) is 0 Å². The third-order valence-corrected chi connectivity index (χ3v) is 7.58. The van der Waals surface area contributed by atoms with Gasteiger partial charge in [-0.15, -0.1) is 13.2 Å². The molecule has 2 amide bonds. The number of carbonyl (C=O) groups excluding carboxylic acids is 3. The third-order valence-electron chi connectivity index (χ3n) is 7.58. The molecular weight excluding hydrogens is 549 g/mol. The van der Waals surface area contributed by atoms with Crippen molar-refractivity contribution in [2.75, 3.05) is 26.7 Å². The van der Waals surface area contributed by atoms with Crippen molar-refractivity contribution < 1.29 is 32.3 Å². The summed E-state index contributed by atoms with van der Waals surface area (Å²) in [6.07, 6.45) is -0.614. The van der Waals surface area contributed by atoms with Gasteiger partial charge in [-0.3, -0.25) is 9.59 Å². The molecule has 0 spiro atoms. The van der Waals surface area contributed by atoms with E-state index in [2.05, 4.69) is 21.0 Å². The zero-order chi connectivity index (χ0) is 30.7. The lowest BCUT2D eigenvalue weighted by Crippen LogP contribution is -2.46. The number of benzene rings is 2. The van der Waals surface area contributed by atoms with Gasteiger partial charge in [0, 0.05) is 25.6 Å². The number of rotatable bonds is 16. The molecule has 0 aromatic heterocycles. The fraction of sp³-hybridized carbons (Fsp3) is 0.484. The second kappa shape index (κ2) is 15.4. The highest BCUT2D eigenvalue weighted by molar-refractivity contribution is 6.01. The Kier molecular flexibility index (Phi) is 11.9. The van der Waals surface area contributed by atoms with Gasteiger partial charge in [0.25, 0.3) is 5.91 Å². The van der Waals surface area contributed by atoms with E-state index in [1.165, 1.54) is 25.2 Å². The van der Waals surface area contributed by atoms with Gasteiger partial charge >= 0.3 is 6.36 Å². The van der Waals surface area contributed by atoms with E-state index >= 15 is 0 Å². The van der Waals surface area contributed by atoms with Gasteiger partial charge in [-0.1, -0.05) is 31.2 Å². The number of nitriles is 1. The van der Waals surface area contributed by atoms with Crippen molar-refractivity contribution >= 4 is 18.1 Å². The van der Waals surface area contributed by atoms with Gasteiger partial charge in [-0.05, 0) is 86.6 Å². The Labute approximate surface area is 244 Å². The zero-order valence-electron chi connectivity index (χ0n) is 24.0. The van der Waals surface area contributed by atoms with Gasteiger partial charge < -0.3 is 24.6 Å². The van der Waals surface area contributed by atoms with Crippen molar-refractivity contribution in [3.05, 3.63) is 64.7 Å². The van der Waals surface area contributed by atoms with Crippen LogP contribution in [0.1, 0.15) is 72.0 Å². The summed E-state index contributed by atoms with van der Waals surface area (Å²) in [6.45, 7) is 4.52. The van der Waals surface area contributed by atoms with Gasteiger partial charge in [0.15, 0.2) is 0 Å². The minimum atomic E-state index is -4.79. The van der Waals surface area contributed by atoms with Crippen LogP contribution in [0.3, 0.4) is 0 Å². The Morgan fingerprint density at radius 1 is 1.19 bits per heavy atom. The molecule has 0 saturated carbocycles. The van der Waals surface area contributed by atoms with Gasteiger partial charge in [0.05, 0.1) is 12.0 Å². The number of ether oxygens (including phenoxy) is 1. The molecule has 1 unspecified atom stereocenters. The summed E-state index contributed by atoms with van der Waals surface area (Å²) in [4.78, 5) is 40.3. The fourth-order valence-corrected chi connectivity index (χ4v) is 5.35. The lowest BCUT2D eigenvalue weighted by atomic mass is 9.96. The molecular formula is C31H37F3N4O4. The van der Waals surface area contributed by atoms with Crippen LogP contribution in [0.25, 0.3) is 0 Å². The summed E-state index contributed by atoms with van der Waals surface area (Å²) in [6, 6.07) is 12.7. The van der Waals surface area contributed by atoms with Crippen molar-refractivity contribution in [1.82, 2.24) is 15.1 Å². The van der Waals surface area contributed by atoms with Gasteiger partial charge in [0.2, 0.25) is 5.91 Å². The predicted molar refractivity (Wildman–Crippen MR) is 151 cm³/mol. The molecule has 1 N–H and O–H groups in total. The smallest absolute Gasteiger partial charge is 0.406 e. The number of hydrogen-bond acceptors (Lipinski definition) is 6. The first-order valence-corrected chi connectivity index (χ1v) is 14.2. The molecule has 2 atom stereocenters. The predicted octanol–water partition coefficient (Wildman–Crippen LogP) is 4.98. The summed E-state index contributed by atoms with van der Waals surface area (Å²) >= 11 is 0. The van der Waals surface area contributed by atoms with Crippen molar-refractivity contribution in [2.45, 2.75) is 70.3 Å². The second-order valence-corrected chi connectivity index (χ2v) is 10.2. The lowest BCUT2D eigenvalue weighted by molar-refractivity contribution is -0.274. The Balaban J connectivity index is 1.54. The Bertz CT molecular complexity index is 1280. The molecule has 1 aliphatic rings. The minimum absolute atomic E-state index is 0.187. The molecule has 2 aromatic carbocycles. The van der Waals surface area contributed by atoms with Crippen molar-refractivity contribution in [3.8, 4) is 11.8 Å². The topological polar surface area (TPSA) is 103 Å². The highest BCUT2D eigenvalue weighted by Crippen LogP contribution is 2.30. The maximum Gasteiger partial charge on any atom is 0.573 e. The zero-order valence-corrected chi connectivity index (χ0v) is 24.0. The SMILES string of the molecule is CCN(CCCCc1cccc2c1CN(C(CCC=O)C(=O)NC)C2=O)CC[C@H](C#N)c1cccc(OC(F)(F)F)c1. The van der Waals surface area contributed by atoms with Crippen LogP contribution in [0.5, 0.6) is 5.75 Å². The number of fused-ring (bicyclic) bond motifs is 1. The van der Waals surface area contributed by atoms with Crippen LogP contribution in [0.2, 0.25) is 0 Å². The molecule has 3 rings (SSSR count). The van der Waals surface area contributed by atoms with Gasteiger partial charge in [-0.25, -0.2) is 0 Å². The summed E-state index contributed by atoms with van der Waals surface area (Å²) in [5, 5.41) is 12.3. The molecule has 8 nitrogen and oxygen atoms in total. The largest absolute Gasteiger partial charge is 0.573 e. The normalized spacial score (nSPS) is 14.3. The minimum Gasteiger partial charge on any atom is -0.406 e. The van der Waals surface area contributed by atoms with Crippen LogP contribution in [0, 0.1) is 11.3 Å². The van der Waals surface area contributed by atoms with Crippen LogP contribution in [0.15, 0.2) is 42.5 Å². The number of amides is 2. The average Bonchev–Trinajstić information content (AvgIpc) is 3.30. The number of alkyl halides is 3. The molecule has 42 heavy (non-hydrogen) atoms. The maximum atomic E-state index is 13.1. The lowest BCUT2D eigenvalue weighted by Gasteiger charge is -2.26. The van der Waals surface area contributed by atoms with Crippen LogP contribution >= 0.6 is 0 Å². The third kappa shape index (κ3) is 8.79. The quantitative estimate of drug-likeness (QED) is 0.220. The number of aldehydes is 1. The highest BCUT2D eigenvalue weighted by Gasteiger charge is 2.36. The Morgan fingerprint density at radius 2 is 1.95 bits per heavy atom. The summed E-state index contributed by atoms with van der Waals surface area (Å²) < 4.78 is 41.8. The molecule has 0 aliphatic carbocycles. The summed E-state index contributed by atoms with van der Waals surface area (Å²) in [7, 11) is 1.51. The van der Waals surface area contributed by atoms with Gasteiger partial charge in [0.1, 0.15) is 18.1 Å². The number of nitrogens with zero attached hydrogens (tertiary/aromatic N) is 3. The van der Waals surface area contributed by atoms with E-state index in [-0.39, 0.29) is 30.4 Å². The van der Waals surface area contributed by atoms with Crippen molar-refractivity contribution in [2.24, 2.45) is 0 Å². The van der Waals surface area contributed by atoms with E-state index in [1.54, 1.807) is 17.0 Å². The molecule has 11 heteroatoms. The van der Waals surface area contributed by atoms with E-state index in [1.807, 2.05) is 19.1 Å². The molecule has 1 heterocycles. The first-order valence-electron chi connectivity index (χ1n) is 14.2. The number of aryl methyl sites for hydroxylation is 1. The number of nitrogens with one attached hydrogen (secondary N) is 1. The van der Waals surface area contributed by atoms with E-state index in [0.717, 1.165) is 49.8 Å². The van der Waals surface area contributed by atoms with E-state index in [4.69, 9.17) is 0 Å². The highest BCUT2D eigenvalue weighted by atomic mass is 19.4. The van der Waals surface area contributed by atoms with Gasteiger partial charge in [-0.2, -0.15) is 5.26 Å². The monoisotopic (exact) mass is 586 g/mol. The molecule has 0 saturated heterocycles. The number of halogens is 3. The molecule has 1 aliphatic heterocycles. The van der Waals surface area contributed by atoms with E-state index in [0.29, 0.717) is 30.6 Å². The fourth-order valence-electron chi connectivity index (χ4n) is 5.35. The summed E-state index contributed by atoms with van der Waals surface area (Å²) in [5.41, 5.74) is 3.06. The molecule has 226 valence electrons. The van der Waals surface area contributed by atoms with Crippen LogP contribution < -0.4 is 10.1 Å². The summed E-state index contributed by atoms with van der Waals surface area (Å²) in [5.74, 6) is -1.39. The van der Waals surface area contributed by atoms with Crippen LogP contribution in [-0.2, 0) is 22.6 Å². The van der Waals surface area contributed by atoms with Crippen LogP contribution in [-0.4, -0.2) is 67.0 Å². The average molecular weight is 587 g/mol. The molecule has 2 aromatic rings. The number of carbonyl (C=O) groups is 3. The maximum absolute atomic E-state index is 13.1. The molecule has 0 radical (unpaired) electrons. The first-order chi connectivity index (χ1) is 20.1. The first kappa shape index (κ1) is 32.6. The van der Waals surface area contributed by atoms with Crippen molar-refractivity contribution in [1.29, 1.82) is 5.26 Å². The second-order valence-electron chi connectivity index (χ2n) is 10.2. The van der Waals surface area contributed by atoms with E-state index < -0.39 is 18.3 Å². The number of hydrogen-bond donors (Lipinski definition) is 1. The van der Waals surface area contributed by atoms with E-state index in [9.17, 15) is 32.8 Å². The van der Waals surface area contributed by atoms with Crippen LogP contribution in [0.4, 0.5) is 13.2 Å². The molecule has 0 fully saturated rings.